The molecule has 2 nitrogen and oxygen atoms in total. The van der Waals surface area contributed by atoms with Crippen LogP contribution < -0.4 is 0 Å². The number of para-hydroxylation sites is 1. The maximum atomic E-state index is 12.6. The van der Waals surface area contributed by atoms with Crippen molar-refractivity contribution >= 4 is 51.0 Å². The highest BCUT2D eigenvalue weighted by Crippen LogP contribution is 2.22. The van der Waals surface area contributed by atoms with Gasteiger partial charge in [0.15, 0.2) is 0 Å². The fraction of sp³-hybridized carbons (Fsp3) is 0. The summed E-state index contributed by atoms with van der Waals surface area (Å²) in [5, 5.41) is 1.62. The molecule has 3 rings (SSSR count). The number of aromatic nitrogens is 1. The number of rotatable bonds is 1. The molecular weight excluding hydrogens is 373 g/mol. The van der Waals surface area contributed by atoms with Gasteiger partial charge in [-0.25, -0.2) is 0 Å². The molecule has 0 aliphatic rings. The van der Waals surface area contributed by atoms with Crippen LogP contribution in [0.2, 0.25) is 5.02 Å². The first-order valence-electron chi connectivity index (χ1n) is 5.72. The first kappa shape index (κ1) is 12.7. The quantitative estimate of drug-likeness (QED) is 0.565. The minimum absolute atomic E-state index is 0.0619. The Hall–Kier alpha value is -1.33. The van der Waals surface area contributed by atoms with Gasteiger partial charge in [-0.05, 0) is 52.9 Å². The van der Waals surface area contributed by atoms with Gasteiger partial charge in [-0.15, -0.1) is 0 Å². The number of carbonyl (C=O) groups excluding carboxylic acids is 1. The second-order valence-corrected chi connectivity index (χ2v) is 5.77. The van der Waals surface area contributed by atoms with Gasteiger partial charge >= 0.3 is 0 Å². The zero-order chi connectivity index (χ0) is 13.4. The van der Waals surface area contributed by atoms with E-state index in [0.29, 0.717) is 10.6 Å². The highest BCUT2D eigenvalue weighted by Gasteiger charge is 2.14. The van der Waals surface area contributed by atoms with E-state index in [4.69, 9.17) is 11.6 Å². The van der Waals surface area contributed by atoms with Crippen molar-refractivity contribution in [1.82, 2.24) is 4.57 Å². The van der Waals surface area contributed by atoms with Gasteiger partial charge < -0.3 is 0 Å². The van der Waals surface area contributed by atoms with Crippen LogP contribution in [0, 0.1) is 3.57 Å². The highest BCUT2D eigenvalue weighted by atomic mass is 127. The number of halogens is 2. The Kier molecular flexibility index (Phi) is 3.33. The van der Waals surface area contributed by atoms with Gasteiger partial charge in [0.05, 0.1) is 11.1 Å². The maximum absolute atomic E-state index is 12.6. The lowest BCUT2D eigenvalue weighted by Gasteiger charge is -2.07. The van der Waals surface area contributed by atoms with Crippen molar-refractivity contribution in [1.29, 1.82) is 0 Å². The summed E-state index contributed by atoms with van der Waals surface area (Å²) >= 11 is 8.12. The van der Waals surface area contributed by atoms with Crippen molar-refractivity contribution < 1.29 is 4.79 Å². The average molecular weight is 382 g/mol. The third kappa shape index (κ3) is 2.28. The number of hydrogen-bond acceptors (Lipinski definition) is 1. The normalized spacial score (nSPS) is 10.8. The first-order valence-corrected chi connectivity index (χ1v) is 7.18. The van der Waals surface area contributed by atoms with Crippen molar-refractivity contribution in [2.75, 3.05) is 0 Å². The molecule has 3 aromatic rings. The summed E-state index contributed by atoms with van der Waals surface area (Å²) in [4.78, 5) is 12.6. The van der Waals surface area contributed by atoms with Crippen LogP contribution in [0.3, 0.4) is 0 Å². The molecule has 0 atom stereocenters. The molecule has 0 aliphatic carbocycles. The van der Waals surface area contributed by atoms with E-state index in [1.807, 2.05) is 36.4 Å². The summed E-state index contributed by atoms with van der Waals surface area (Å²) in [7, 11) is 0. The Morgan fingerprint density at radius 2 is 1.89 bits per heavy atom. The fourth-order valence-electron chi connectivity index (χ4n) is 2.05. The zero-order valence-electron chi connectivity index (χ0n) is 9.81. The maximum Gasteiger partial charge on any atom is 0.263 e. The van der Waals surface area contributed by atoms with Gasteiger partial charge in [-0.1, -0.05) is 29.8 Å². The Morgan fingerprint density at radius 1 is 1.11 bits per heavy atom. The molecule has 0 saturated carbocycles. The van der Waals surface area contributed by atoms with E-state index in [2.05, 4.69) is 22.6 Å². The molecule has 0 saturated heterocycles. The minimum atomic E-state index is -0.0619. The molecule has 19 heavy (non-hydrogen) atoms. The molecule has 0 bridgehead atoms. The third-order valence-corrected chi connectivity index (χ3v) is 4.15. The monoisotopic (exact) mass is 381 g/mol. The summed E-state index contributed by atoms with van der Waals surface area (Å²) in [5.41, 5.74) is 1.53. The van der Waals surface area contributed by atoms with Crippen molar-refractivity contribution in [3.63, 3.8) is 0 Å². The third-order valence-electron chi connectivity index (χ3n) is 2.98. The minimum Gasteiger partial charge on any atom is -0.283 e. The lowest BCUT2D eigenvalue weighted by molar-refractivity contribution is 0.0964. The smallest absolute Gasteiger partial charge is 0.263 e. The predicted octanol–water partition coefficient (Wildman–Crippen LogP) is 4.59. The Labute approximate surface area is 129 Å². The van der Waals surface area contributed by atoms with E-state index >= 15 is 0 Å². The average Bonchev–Trinajstić information content (AvgIpc) is 2.84. The molecule has 4 heteroatoms. The number of benzene rings is 2. The van der Waals surface area contributed by atoms with Crippen LogP contribution in [0.1, 0.15) is 10.4 Å². The van der Waals surface area contributed by atoms with Crippen LogP contribution in [0.25, 0.3) is 10.9 Å². The molecule has 0 unspecified atom stereocenters. The van der Waals surface area contributed by atoms with Crippen LogP contribution in [0.4, 0.5) is 0 Å². The van der Waals surface area contributed by atoms with Gasteiger partial charge in [0, 0.05) is 20.2 Å². The summed E-state index contributed by atoms with van der Waals surface area (Å²) in [6, 6.07) is 15.1. The standard InChI is InChI=1S/C15H9ClINO/c16-11-5-6-13(17)12(9-11)15(19)18-8-7-10-3-1-2-4-14(10)18/h1-9H. The van der Waals surface area contributed by atoms with Crippen LogP contribution >= 0.6 is 34.2 Å². The van der Waals surface area contributed by atoms with Crippen LogP contribution in [0.5, 0.6) is 0 Å². The molecule has 0 spiro atoms. The second kappa shape index (κ2) is 4.98. The van der Waals surface area contributed by atoms with E-state index in [0.717, 1.165) is 14.5 Å². The first-order chi connectivity index (χ1) is 9.16. The Bertz CT molecular complexity index is 779. The molecule has 1 aromatic heterocycles. The van der Waals surface area contributed by atoms with Crippen molar-refractivity contribution in [2.45, 2.75) is 0 Å². The highest BCUT2D eigenvalue weighted by molar-refractivity contribution is 14.1. The number of hydrogen-bond donors (Lipinski definition) is 0. The molecule has 2 aromatic carbocycles. The van der Waals surface area contributed by atoms with Crippen molar-refractivity contribution in [3.8, 4) is 0 Å². The van der Waals surface area contributed by atoms with Crippen LogP contribution in [0.15, 0.2) is 54.7 Å². The van der Waals surface area contributed by atoms with E-state index in [-0.39, 0.29) is 5.91 Å². The molecule has 1 heterocycles. The van der Waals surface area contributed by atoms with Gasteiger partial charge in [0.2, 0.25) is 0 Å². The van der Waals surface area contributed by atoms with Gasteiger partial charge in [0.1, 0.15) is 0 Å². The topological polar surface area (TPSA) is 22.0 Å². The molecule has 0 radical (unpaired) electrons. The summed E-state index contributed by atoms with van der Waals surface area (Å²) in [6.07, 6.45) is 1.80. The number of fused-ring (bicyclic) bond motifs is 1. The number of nitrogens with zero attached hydrogens (tertiary/aromatic N) is 1. The Morgan fingerprint density at radius 3 is 2.74 bits per heavy atom. The van der Waals surface area contributed by atoms with Gasteiger partial charge in [-0.3, -0.25) is 9.36 Å². The predicted molar refractivity (Wildman–Crippen MR) is 85.8 cm³/mol. The van der Waals surface area contributed by atoms with Crippen molar-refractivity contribution in [2.24, 2.45) is 0 Å². The Balaban J connectivity index is 2.16. The van der Waals surface area contributed by atoms with E-state index in [9.17, 15) is 4.79 Å². The van der Waals surface area contributed by atoms with E-state index < -0.39 is 0 Å². The molecule has 0 N–H and O–H groups in total. The van der Waals surface area contributed by atoms with Crippen LogP contribution in [-0.2, 0) is 0 Å². The van der Waals surface area contributed by atoms with Gasteiger partial charge in [-0.2, -0.15) is 0 Å². The lowest BCUT2D eigenvalue weighted by Crippen LogP contribution is -2.12. The van der Waals surface area contributed by atoms with Crippen LogP contribution in [-0.4, -0.2) is 10.5 Å². The van der Waals surface area contributed by atoms with E-state index in [1.54, 1.807) is 22.9 Å². The second-order valence-electron chi connectivity index (χ2n) is 4.17. The fourth-order valence-corrected chi connectivity index (χ4v) is 2.79. The molecule has 0 aliphatic heterocycles. The number of carbonyl (C=O) groups is 1. The van der Waals surface area contributed by atoms with E-state index in [1.165, 1.54) is 0 Å². The SMILES string of the molecule is O=C(c1cc(Cl)ccc1I)n1ccc2ccccc21. The molecule has 0 fully saturated rings. The summed E-state index contributed by atoms with van der Waals surface area (Å²) in [5.74, 6) is -0.0619. The largest absolute Gasteiger partial charge is 0.283 e. The lowest BCUT2D eigenvalue weighted by atomic mass is 10.2. The molecular formula is C15H9ClINO. The molecule has 0 amide bonds. The summed E-state index contributed by atoms with van der Waals surface area (Å²) < 4.78 is 2.55. The van der Waals surface area contributed by atoms with Crippen molar-refractivity contribution in [3.05, 3.63) is 68.9 Å². The zero-order valence-corrected chi connectivity index (χ0v) is 12.7. The summed E-state index contributed by atoms with van der Waals surface area (Å²) in [6.45, 7) is 0. The van der Waals surface area contributed by atoms with Gasteiger partial charge in [0.25, 0.3) is 5.91 Å². The molecule has 94 valence electrons.